The predicted octanol–water partition coefficient (Wildman–Crippen LogP) is 1.51. The van der Waals surface area contributed by atoms with Crippen LogP contribution in [0.25, 0.3) is 0 Å². The molecule has 0 fully saturated rings. The molecule has 88 valence electrons. The standard InChI is InChI=1S/C10H13NO4S/c1-6(14-2)9(12)11-7-4-5-16-8(7)10(13)15-3/h4-6H,1-3H3,(H,11,12). The summed E-state index contributed by atoms with van der Waals surface area (Å²) < 4.78 is 9.46. The van der Waals surface area contributed by atoms with Crippen molar-refractivity contribution in [1.29, 1.82) is 0 Å². The van der Waals surface area contributed by atoms with Crippen LogP contribution in [0.2, 0.25) is 0 Å². The lowest BCUT2D eigenvalue weighted by Crippen LogP contribution is -2.27. The van der Waals surface area contributed by atoms with Gasteiger partial charge in [-0.15, -0.1) is 11.3 Å². The summed E-state index contributed by atoms with van der Waals surface area (Å²) in [6.45, 7) is 1.62. The Morgan fingerprint density at radius 1 is 1.44 bits per heavy atom. The molecule has 1 aromatic rings. The quantitative estimate of drug-likeness (QED) is 0.814. The highest BCUT2D eigenvalue weighted by Gasteiger charge is 2.18. The van der Waals surface area contributed by atoms with Gasteiger partial charge in [-0.3, -0.25) is 4.79 Å². The van der Waals surface area contributed by atoms with Gasteiger partial charge in [-0.1, -0.05) is 0 Å². The molecule has 1 heterocycles. The van der Waals surface area contributed by atoms with E-state index >= 15 is 0 Å². The molecule has 0 radical (unpaired) electrons. The fraction of sp³-hybridized carbons (Fsp3) is 0.400. The number of rotatable bonds is 4. The molecule has 0 aliphatic heterocycles. The first-order valence-electron chi connectivity index (χ1n) is 4.59. The van der Waals surface area contributed by atoms with Crippen molar-refractivity contribution in [3.8, 4) is 0 Å². The van der Waals surface area contributed by atoms with Crippen molar-refractivity contribution in [3.05, 3.63) is 16.3 Å². The van der Waals surface area contributed by atoms with E-state index in [1.54, 1.807) is 18.4 Å². The molecule has 1 atom stereocenters. The zero-order chi connectivity index (χ0) is 12.1. The monoisotopic (exact) mass is 243 g/mol. The van der Waals surface area contributed by atoms with Gasteiger partial charge in [-0.25, -0.2) is 4.79 Å². The normalized spacial score (nSPS) is 11.9. The molecule has 6 heteroatoms. The van der Waals surface area contributed by atoms with Gasteiger partial charge in [0.1, 0.15) is 11.0 Å². The van der Waals surface area contributed by atoms with Crippen LogP contribution in [0.15, 0.2) is 11.4 Å². The summed E-state index contributed by atoms with van der Waals surface area (Å²) in [6, 6.07) is 1.65. The lowest BCUT2D eigenvalue weighted by molar-refractivity contribution is -0.124. The number of esters is 1. The molecule has 1 aromatic heterocycles. The molecule has 1 rings (SSSR count). The minimum absolute atomic E-state index is 0.300. The van der Waals surface area contributed by atoms with Crippen LogP contribution in [0.1, 0.15) is 16.6 Å². The molecular formula is C10H13NO4S. The number of hydrogen-bond donors (Lipinski definition) is 1. The summed E-state index contributed by atoms with van der Waals surface area (Å²) in [7, 11) is 2.74. The Bertz CT molecular complexity index is 388. The summed E-state index contributed by atoms with van der Waals surface area (Å²) in [4.78, 5) is 23.2. The van der Waals surface area contributed by atoms with E-state index in [9.17, 15) is 9.59 Å². The van der Waals surface area contributed by atoms with E-state index in [4.69, 9.17) is 4.74 Å². The second kappa shape index (κ2) is 5.62. The van der Waals surface area contributed by atoms with E-state index in [0.717, 1.165) is 0 Å². The number of ether oxygens (including phenoxy) is 2. The summed E-state index contributed by atoms with van der Waals surface area (Å²) in [5.74, 6) is -0.763. The van der Waals surface area contributed by atoms with Crippen molar-refractivity contribution in [2.75, 3.05) is 19.5 Å². The van der Waals surface area contributed by atoms with Gasteiger partial charge in [0.2, 0.25) is 0 Å². The van der Waals surface area contributed by atoms with E-state index in [1.165, 1.54) is 25.6 Å². The van der Waals surface area contributed by atoms with Crippen LogP contribution >= 0.6 is 11.3 Å². The molecule has 5 nitrogen and oxygen atoms in total. The summed E-state index contributed by atoms with van der Waals surface area (Å²) in [5, 5.41) is 4.31. The topological polar surface area (TPSA) is 64.6 Å². The summed E-state index contributed by atoms with van der Waals surface area (Å²) >= 11 is 1.21. The molecule has 1 N–H and O–H groups in total. The highest BCUT2D eigenvalue weighted by atomic mass is 32.1. The van der Waals surface area contributed by atoms with Gasteiger partial charge in [0.05, 0.1) is 12.8 Å². The zero-order valence-electron chi connectivity index (χ0n) is 9.27. The SMILES string of the molecule is COC(=O)c1sccc1NC(=O)C(C)OC. The maximum Gasteiger partial charge on any atom is 0.350 e. The number of amides is 1. The van der Waals surface area contributed by atoms with Crippen LogP contribution in [-0.4, -0.2) is 32.2 Å². The van der Waals surface area contributed by atoms with Gasteiger partial charge in [0.25, 0.3) is 5.91 Å². The van der Waals surface area contributed by atoms with Crippen molar-refractivity contribution >= 4 is 28.9 Å². The lowest BCUT2D eigenvalue weighted by Gasteiger charge is -2.10. The molecular weight excluding hydrogens is 230 g/mol. The van der Waals surface area contributed by atoms with Gasteiger partial charge in [-0.05, 0) is 18.4 Å². The van der Waals surface area contributed by atoms with Gasteiger partial charge < -0.3 is 14.8 Å². The summed E-state index contributed by atoms with van der Waals surface area (Å²) in [6.07, 6.45) is -0.564. The van der Waals surface area contributed by atoms with Crippen LogP contribution in [0.4, 0.5) is 5.69 Å². The average molecular weight is 243 g/mol. The second-order valence-electron chi connectivity index (χ2n) is 3.02. The van der Waals surface area contributed by atoms with Crippen molar-refractivity contribution < 1.29 is 19.1 Å². The van der Waals surface area contributed by atoms with E-state index in [1.807, 2.05) is 0 Å². The van der Waals surface area contributed by atoms with E-state index < -0.39 is 12.1 Å². The Morgan fingerprint density at radius 3 is 2.69 bits per heavy atom. The molecule has 0 saturated heterocycles. The first-order valence-corrected chi connectivity index (χ1v) is 5.47. The summed E-state index contributed by atoms with van der Waals surface area (Å²) in [5.41, 5.74) is 0.450. The van der Waals surface area contributed by atoms with Crippen LogP contribution in [0.3, 0.4) is 0 Å². The number of thiophene rings is 1. The van der Waals surface area contributed by atoms with E-state index in [2.05, 4.69) is 10.1 Å². The molecule has 1 unspecified atom stereocenters. The molecule has 16 heavy (non-hydrogen) atoms. The molecule has 1 amide bonds. The first kappa shape index (κ1) is 12.7. The maximum atomic E-state index is 11.5. The van der Waals surface area contributed by atoms with Crippen molar-refractivity contribution in [2.24, 2.45) is 0 Å². The second-order valence-corrected chi connectivity index (χ2v) is 3.94. The van der Waals surface area contributed by atoms with Gasteiger partial charge in [-0.2, -0.15) is 0 Å². The average Bonchev–Trinajstić information content (AvgIpc) is 2.74. The predicted molar refractivity (Wildman–Crippen MR) is 60.8 cm³/mol. The number of hydrogen-bond acceptors (Lipinski definition) is 5. The van der Waals surface area contributed by atoms with Gasteiger partial charge in [0, 0.05) is 7.11 Å². The molecule has 0 aromatic carbocycles. The number of carbonyl (C=O) groups is 2. The van der Waals surface area contributed by atoms with Crippen molar-refractivity contribution in [3.63, 3.8) is 0 Å². The van der Waals surface area contributed by atoms with E-state index in [-0.39, 0.29) is 5.91 Å². The largest absolute Gasteiger partial charge is 0.465 e. The third-order valence-electron chi connectivity index (χ3n) is 2.02. The number of anilines is 1. The minimum atomic E-state index is -0.564. The Labute approximate surface area is 97.4 Å². The molecule has 0 aliphatic rings. The molecule has 0 saturated carbocycles. The molecule has 0 aliphatic carbocycles. The van der Waals surface area contributed by atoms with Crippen LogP contribution in [-0.2, 0) is 14.3 Å². The van der Waals surface area contributed by atoms with Gasteiger partial charge >= 0.3 is 5.97 Å². The minimum Gasteiger partial charge on any atom is -0.465 e. The highest BCUT2D eigenvalue weighted by Crippen LogP contribution is 2.23. The third kappa shape index (κ3) is 2.80. The van der Waals surface area contributed by atoms with Crippen LogP contribution in [0.5, 0.6) is 0 Å². The number of methoxy groups -OCH3 is 2. The smallest absolute Gasteiger partial charge is 0.350 e. The Morgan fingerprint density at radius 2 is 2.12 bits per heavy atom. The number of carbonyl (C=O) groups excluding carboxylic acids is 2. The molecule has 0 spiro atoms. The van der Waals surface area contributed by atoms with Gasteiger partial charge in [0.15, 0.2) is 0 Å². The Kier molecular flexibility index (Phi) is 4.45. The van der Waals surface area contributed by atoms with Crippen LogP contribution in [0, 0.1) is 0 Å². The van der Waals surface area contributed by atoms with E-state index in [0.29, 0.717) is 10.6 Å². The Hall–Kier alpha value is -1.40. The Balaban J connectivity index is 2.78. The molecule has 0 bridgehead atoms. The van der Waals surface area contributed by atoms with Crippen molar-refractivity contribution in [1.82, 2.24) is 0 Å². The van der Waals surface area contributed by atoms with Crippen LogP contribution < -0.4 is 5.32 Å². The fourth-order valence-corrected chi connectivity index (χ4v) is 1.77. The lowest BCUT2D eigenvalue weighted by atomic mass is 10.3. The highest BCUT2D eigenvalue weighted by molar-refractivity contribution is 7.12. The zero-order valence-corrected chi connectivity index (χ0v) is 10.1. The van der Waals surface area contributed by atoms with Crippen molar-refractivity contribution in [2.45, 2.75) is 13.0 Å². The fourth-order valence-electron chi connectivity index (χ4n) is 1.000. The third-order valence-corrected chi connectivity index (χ3v) is 2.91. The first-order chi connectivity index (χ1) is 7.60. The maximum absolute atomic E-state index is 11.5. The number of nitrogens with one attached hydrogen (secondary N) is 1.